The van der Waals surface area contributed by atoms with E-state index in [0.29, 0.717) is 6.04 Å². The third-order valence-corrected chi connectivity index (χ3v) is 6.82. The number of fused-ring (bicyclic) bond motifs is 3. The molecule has 0 bridgehead atoms. The molecule has 3 heterocycles. The second-order valence-corrected chi connectivity index (χ2v) is 8.92. The van der Waals surface area contributed by atoms with Gasteiger partial charge in [-0.25, -0.2) is 9.78 Å². The molecule has 2 aromatic carbocycles. The quantitative estimate of drug-likeness (QED) is 0.650. The molecule has 0 unspecified atom stereocenters. The zero-order valence-corrected chi connectivity index (χ0v) is 18.1. The largest absolute Gasteiger partial charge is 0.465 e. The molecule has 0 saturated carbocycles. The van der Waals surface area contributed by atoms with Crippen molar-refractivity contribution in [3.63, 3.8) is 0 Å². The Morgan fingerprint density at radius 2 is 2.00 bits per heavy atom. The summed E-state index contributed by atoms with van der Waals surface area (Å²) in [4.78, 5) is 18.6. The van der Waals surface area contributed by atoms with E-state index < -0.39 is 6.09 Å². The molecule has 1 saturated heterocycles. The highest BCUT2D eigenvalue weighted by Gasteiger charge is 2.31. The fourth-order valence-corrected chi connectivity index (χ4v) is 5.19. The zero-order valence-electron chi connectivity index (χ0n) is 18.1. The third-order valence-electron chi connectivity index (χ3n) is 6.82. The van der Waals surface area contributed by atoms with Gasteiger partial charge in [0.25, 0.3) is 0 Å². The van der Waals surface area contributed by atoms with Gasteiger partial charge in [-0.05, 0) is 56.8 Å². The SMILES string of the molecule is C[C@H]1CCc2c(ccc3c2nc(Cc2ccccc2)n3C[C@@H]2CCCCN2)N1C(=O)O. The summed E-state index contributed by atoms with van der Waals surface area (Å²) in [5, 5.41) is 13.5. The molecule has 2 atom stereocenters. The molecule has 0 spiro atoms. The van der Waals surface area contributed by atoms with Gasteiger partial charge in [0.1, 0.15) is 5.82 Å². The fraction of sp³-hybridized carbons (Fsp3) is 0.440. The van der Waals surface area contributed by atoms with E-state index in [1.165, 1.54) is 29.7 Å². The van der Waals surface area contributed by atoms with E-state index in [2.05, 4.69) is 40.2 Å². The molecule has 2 N–H and O–H groups in total. The molecule has 3 aromatic rings. The number of hydrogen-bond donors (Lipinski definition) is 2. The minimum absolute atomic E-state index is 0.0141. The predicted octanol–water partition coefficient (Wildman–Crippen LogP) is 4.59. The van der Waals surface area contributed by atoms with Crippen LogP contribution in [0.4, 0.5) is 10.5 Å². The maximum Gasteiger partial charge on any atom is 0.412 e. The van der Waals surface area contributed by atoms with E-state index in [9.17, 15) is 9.90 Å². The molecule has 0 radical (unpaired) electrons. The molecule has 2 aliphatic heterocycles. The minimum Gasteiger partial charge on any atom is -0.465 e. The maximum absolute atomic E-state index is 11.9. The van der Waals surface area contributed by atoms with Gasteiger partial charge < -0.3 is 15.0 Å². The van der Waals surface area contributed by atoms with E-state index in [1.807, 2.05) is 19.1 Å². The highest BCUT2D eigenvalue weighted by Crippen LogP contribution is 2.36. The monoisotopic (exact) mass is 418 g/mol. The van der Waals surface area contributed by atoms with Gasteiger partial charge in [-0.15, -0.1) is 0 Å². The summed E-state index contributed by atoms with van der Waals surface area (Å²) in [5.74, 6) is 1.06. The first-order valence-electron chi connectivity index (χ1n) is 11.4. The summed E-state index contributed by atoms with van der Waals surface area (Å²) in [6.07, 6.45) is 5.26. The Morgan fingerprint density at radius 1 is 1.16 bits per heavy atom. The Morgan fingerprint density at radius 3 is 2.74 bits per heavy atom. The van der Waals surface area contributed by atoms with E-state index in [0.717, 1.165) is 60.5 Å². The highest BCUT2D eigenvalue weighted by atomic mass is 16.4. The van der Waals surface area contributed by atoms with Gasteiger partial charge in [-0.1, -0.05) is 36.8 Å². The van der Waals surface area contributed by atoms with Gasteiger partial charge in [0, 0.05) is 30.6 Å². The number of amides is 1. The molecule has 31 heavy (non-hydrogen) atoms. The van der Waals surface area contributed by atoms with Crippen LogP contribution in [0.2, 0.25) is 0 Å². The van der Waals surface area contributed by atoms with Crippen LogP contribution in [0.5, 0.6) is 0 Å². The van der Waals surface area contributed by atoms with Gasteiger partial charge in [0.15, 0.2) is 0 Å². The van der Waals surface area contributed by atoms with Crippen LogP contribution in [0.1, 0.15) is 49.6 Å². The third kappa shape index (κ3) is 3.81. The number of benzene rings is 2. The van der Waals surface area contributed by atoms with Crippen LogP contribution < -0.4 is 10.2 Å². The lowest BCUT2D eigenvalue weighted by atomic mass is 9.95. The number of carboxylic acid groups (broad SMARTS) is 1. The standard InChI is InChI=1S/C25H30N4O2/c1-17-10-11-20-21(29(17)25(30)31)12-13-22-24(20)27-23(15-18-7-3-2-4-8-18)28(22)16-19-9-5-6-14-26-19/h2-4,7-8,12-13,17,19,26H,5-6,9-11,14-16H2,1H3,(H,30,31)/t17-,19-/m0/s1. The van der Waals surface area contributed by atoms with Crippen LogP contribution in [0.3, 0.4) is 0 Å². The molecular weight excluding hydrogens is 388 g/mol. The molecule has 1 amide bonds. The Labute approximate surface area is 182 Å². The van der Waals surface area contributed by atoms with Crippen LogP contribution in [-0.4, -0.2) is 39.4 Å². The van der Waals surface area contributed by atoms with Crippen molar-refractivity contribution >= 4 is 22.8 Å². The topological polar surface area (TPSA) is 70.4 Å². The van der Waals surface area contributed by atoms with Crippen LogP contribution in [0.25, 0.3) is 11.0 Å². The van der Waals surface area contributed by atoms with Crippen molar-refractivity contribution in [1.29, 1.82) is 0 Å². The number of piperidine rings is 1. The summed E-state index contributed by atoms with van der Waals surface area (Å²) in [7, 11) is 0. The molecule has 162 valence electrons. The lowest BCUT2D eigenvalue weighted by Gasteiger charge is -2.33. The van der Waals surface area contributed by atoms with Crippen molar-refractivity contribution in [2.24, 2.45) is 0 Å². The lowest BCUT2D eigenvalue weighted by molar-refractivity contribution is 0.198. The number of aromatic nitrogens is 2. The lowest BCUT2D eigenvalue weighted by Crippen LogP contribution is -2.41. The Bertz CT molecular complexity index is 1090. The van der Waals surface area contributed by atoms with Crippen molar-refractivity contribution in [3.05, 3.63) is 59.4 Å². The zero-order chi connectivity index (χ0) is 21.4. The average molecular weight is 419 g/mol. The average Bonchev–Trinajstić information content (AvgIpc) is 3.11. The van der Waals surface area contributed by atoms with Crippen molar-refractivity contribution in [2.45, 2.75) is 64.1 Å². The first kappa shape index (κ1) is 20.1. The first-order chi connectivity index (χ1) is 15.1. The van der Waals surface area contributed by atoms with Gasteiger partial charge in [-0.2, -0.15) is 0 Å². The number of anilines is 1. The second-order valence-electron chi connectivity index (χ2n) is 8.92. The Kier molecular flexibility index (Phi) is 5.40. The molecular formula is C25H30N4O2. The number of hydrogen-bond acceptors (Lipinski definition) is 3. The van der Waals surface area contributed by atoms with E-state index in [1.54, 1.807) is 0 Å². The smallest absolute Gasteiger partial charge is 0.412 e. The molecule has 6 heteroatoms. The van der Waals surface area contributed by atoms with Gasteiger partial charge in [0.05, 0.1) is 16.7 Å². The van der Waals surface area contributed by atoms with Crippen molar-refractivity contribution < 1.29 is 9.90 Å². The van der Waals surface area contributed by atoms with Crippen molar-refractivity contribution in [1.82, 2.24) is 14.9 Å². The molecule has 2 aliphatic rings. The summed E-state index contributed by atoms with van der Waals surface area (Å²) in [5.41, 5.74) is 5.20. The summed E-state index contributed by atoms with van der Waals surface area (Å²) in [6, 6.07) is 15.0. The van der Waals surface area contributed by atoms with Gasteiger partial charge in [0.2, 0.25) is 0 Å². The van der Waals surface area contributed by atoms with E-state index >= 15 is 0 Å². The Balaban J connectivity index is 1.61. The van der Waals surface area contributed by atoms with Gasteiger partial charge >= 0.3 is 6.09 Å². The van der Waals surface area contributed by atoms with E-state index in [-0.39, 0.29) is 6.04 Å². The van der Waals surface area contributed by atoms with Crippen LogP contribution in [0.15, 0.2) is 42.5 Å². The summed E-state index contributed by atoms with van der Waals surface area (Å²) >= 11 is 0. The number of rotatable bonds is 4. The van der Waals surface area contributed by atoms with E-state index in [4.69, 9.17) is 4.98 Å². The summed E-state index contributed by atoms with van der Waals surface area (Å²) in [6.45, 7) is 3.96. The number of imidazole rings is 1. The van der Waals surface area contributed by atoms with Gasteiger partial charge in [-0.3, -0.25) is 4.90 Å². The molecule has 1 aromatic heterocycles. The van der Waals surface area contributed by atoms with Crippen molar-refractivity contribution in [2.75, 3.05) is 11.4 Å². The predicted molar refractivity (Wildman–Crippen MR) is 123 cm³/mol. The van der Waals surface area contributed by atoms with Crippen molar-refractivity contribution in [3.8, 4) is 0 Å². The fourth-order valence-electron chi connectivity index (χ4n) is 5.19. The molecule has 6 nitrogen and oxygen atoms in total. The maximum atomic E-state index is 11.9. The van der Waals surface area contributed by atoms with Crippen LogP contribution in [0, 0.1) is 0 Å². The number of nitrogens with one attached hydrogen (secondary N) is 1. The normalized spacial score (nSPS) is 21.3. The Hall–Kier alpha value is -2.86. The van der Waals surface area contributed by atoms with Crippen LogP contribution in [-0.2, 0) is 19.4 Å². The number of nitrogens with zero attached hydrogens (tertiary/aromatic N) is 3. The van der Waals surface area contributed by atoms with Crippen LogP contribution >= 0.6 is 0 Å². The molecule has 0 aliphatic carbocycles. The molecule has 1 fully saturated rings. The second kappa shape index (κ2) is 8.35. The highest BCUT2D eigenvalue weighted by molar-refractivity contribution is 5.94. The minimum atomic E-state index is -0.886. The summed E-state index contributed by atoms with van der Waals surface area (Å²) < 4.78 is 2.37. The number of carbonyl (C=O) groups is 1. The first-order valence-corrected chi connectivity index (χ1v) is 11.4. The molecule has 5 rings (SSSR count). The number of aryl methyl sites for hydroxylation is 1.